The van der Waals surface area contributed by atoms with Crippen molar-refractivity contribution in [1.82, 2.24) is 5.48 Å². The van der Waals surface area contributed by atoms with Gasteiger partial charge in [-0.2, -0.15) is 0 Å². The van der Waals surface area contributed by atoms with Crippen LogP contribution >= 0.6 is 0 Å². The van der Waals surface area contributed by atoms with Crippen LogP contribution in [0.2, 0.25) is 0 Å². The monoisotopic (exact) mass is 234 g/mol. The van der Waals surface area contributed by atoms with E-state index in [0.717, 1.165) is 31.2 Å². The van der Waals surface area contributed by atoms with E-state index in [1.165, 1.54) is 0 Å². The number of carbonyl (C=O) groups excluding carboxylic acids is 1. The van der Waals surface area contributed by atoms with Gasteiger partial charge in [0, 0.05) is 0 Å². The fourth-order valence-electron chi connectivity index (χ4n) is 2.09. The molecule has 0 heterocycles. The predicted octanol–water partition coefficient (Wildman–Crippen LogP) is 1.51. The molecular weight excluding hydrogens is 216 g/mol. The summed E-state index contributed by atoms with van der Waals surface area (Å²) >= 11 is 0. The highest BCUT2D eigenvalue weighted by molar-refractivity contribution is 5.85. The molecule has 1 saturated carbocycles. The normalized spacial score (nSPS) is 17.9. The summed E-state index contributed by atoms with van der Waals surface area (Å²) < 4.78 is 0. The van der Waals surface area contributed by atoms with E-state index in [-0.39, 0.29) is 5.91 Å². The average molecular weight is 234 g/mol. The number of benzene rings is 1. The van der Waals surface area contributed by atoms with Crippen molar-refractivity contribution in [3.8, 4) is 0 Å². The van der Waals surface area contributed by atoms with Gasteiger partial charge in [0.1, 0.15) is 0 Å². The van der Waals surface area contributed by atoms with Crippen LogP contribution in [0.25, 0.3) is 0 Å². The van der Waals surface area contributed by atoms with Gasteiger partial charge in [0.05, 0.1) is 12.1 Å². The van der Waals surface area contributed by atoms with Crippen LogP contribution in [0.1, 0.15) is 31.2 Å². The van der Waals surface area contributed by atoms with E-state index in [1.54, 1.807) is 0 Å². The molecule has 92 valence electrons. The molecule has 17 heavy (non-hydrogen) atoms. The largest absolute Gasteiger partial charge is 0.317 e. The Bertz CT molecular complexity index is 372. The Balaban J connectivity index is 1.77. The van der Waals surface area contributed by atoms with E-state index in [2.05, 4.69) is 5.48 Å². The summed E-state index contributed by atoms with van der Waals surface area (Å²) in [6.07, 6.45) is 3.52. The van der Waals surface area contributed by atoms with Crippen LogP contribution in [0.4, 0.5) is 0 Å². The number of hydrogen-bond acceptors (Lipinski definition) is 3. The van der Waals surface area contributed by atoms with Gasteiger partial charge < -0.3 is 5.73 Å². The first-order valence-corrected chi connectivity index (χ1v) is 5.96. The third-order valence-corrected chi connectivity index (χ3v) is 3.19. The van der Waals surface area contributed by atoms with Gasteiger partial charge in [-0.3, -0.25) is 9.63 Å². The number of hydroxylamine groups is 1. The molecule has 0 spiro atoms. The molecule has 1 aliphatic rings. The summed E-state index contributed by atoms with van der Waals surface area (Å²) in [6.45, 7) is 0.364. The van der Waals surface area contributed by atoms with Crippen LogP contribution in [0.5, 0.6) is 0 Å². The van der Waals surface area contributed by atoms with Crippen molar-refractivity contribution < 1.29 is 9.63 Å². The molecule has 1 aromatic rings. The van der Waals surface area contributed by atoms with Gasteiger partial charge in [-0.1, -0.05) is 43.2 Å². The van der Waals surface area contributed by atoms with Gasteiger partial charge in [-0.25, -0.2) is 5.48 Å². The fourth-order valence-corrected chi connectivity index (χ4v) is 2.09. The molecule has 2 rings (SSSR count). The Morgan fingerprint density at radius 3 is 2.59 bits per heavy atom. The Morgan fingerprint density at radius 1 is 1.29 bits per heavy atom. The number of carbonyl (C=O) groups is 1. The summed E-state index contributed by atoms with van der Waals surface area (Å²) in [5.74, 6) is -0.203. The first-order chi connectivity index (χ1) is 8.21. The van der Waals surface area contributed by atoms with Crippen molar-refractivity contribution in [1.29, 1.82) is 0 Å². The van der Waals surface area contributed by atoms with Crippen LogP contribution in [-0.4, -0.2) is 11.4 Å². The highest BCUT2D eigenvalue weighted by Crippen LogP contribution is 2.27. The van der Waals surface area contributed by atoms with E-state index < -0.39 is 5.54 Å². The smallest absolute Gasteiger partial charge is 0.263 e. The zero-order valence-electron chi connectivity index (χ0n) is 9.82. The van der Waals surface area contributed by atoms with Crippen molar-refractivity contribution in [2.24, 2.45) is 5.73 Å². The minimum atomic E-state index is -0.726. The van der Waals surface area contributed by atoms with E-state index >= 15 is 0 Å². The maximum atomic E-state index is 11.8. The Hall–Kier alpha value is -1.39. The van der Waals surface area contributed by atoms with Crippen LogP contribution in [0, 0.1) is 0 Å². The summed E-state index contributed by atoms with van der Waals surface area (Å²) in [5.41, 5.74) is 8.73. The molecule has 1 fully saturated rings. The van der Waals surface area contributed by atoms with Gasteiger partial charge in [0.15, 0.2) is 0 Å². The van der Waals surface area contributed by atoms with Gasteiger partial charge in [0.2, 0.25) is 0 Å². The SMILES string of the molecule is NC1(C(=O)NOCc2ccccc2)CCCC1. The highest BCUT2D eigenvalue weighted by atomic mass is 16.6. The Kier molecular flexibility index (Phi) is 3.76. The Labute approximate surface area is 101 Å². The lowest BCUT2D eigenvalue weighted by Gasteiger charge is -2.21. The third-order valence-electron chi connectivity index (χ3n) is 3.19. The maximum absolute atomic E-state index is 11.8. The first-order valence-electron chi connectivity index (χ1n) is 5.96. The van der Waals surface area contributed by atoms with Crippen molar-refractivity contribution in [3.63, 3.8) is 0 Å². The maximum Gasteiger partial charge on any atom is 0.263 e. The number of rotatable bonds is 4. The van der Waals surface area contributed by atoms with Gasteiger partial charge in [-0.15, -0.1) is 0 Å². The van der Waals surface area contributed by atoms with Crippen LogP contribution in [0.15, 0.2) is 30.3 Å². The second-order valence-corrected chi connectivity index (χ2v) is 4.57. The summed E-state index contributed by atoms with van der Waals surface area (Å²) in [4.78, 5) is 17.0. The zero-order valence-corrected chi connectivity index (χ0v) is 9.82. The lowest BCUT2D eigenvalue weighted by molar-refractivity contribution is -0.140. The molecule has 3 N–H and O–H groups in total. The highest BCUT2D eigenvalue weighted by Gasteiger charge is 2.37. The van der Waals surface area contributed by atoms with E-state index in [1.807, 2.05) is 30.3 Å². The minimum absolute atomic E-state index is 0.203. The quantitative estimate of drug-likeness (QED) is 0.776. The summed E-state index contributed by atoms with van der Waals surface area (Å²) in [6, 6.07) is 9.69. The topological polar surface area (TPSA) is 64.4 Å². The van der Waals surface area contributed by atoms with Crippen molar-refractivity contribution in [2.45, 2.75) is 37.8 Å². The van der Waals surface area contributed by atoms with Gasteiger partial charge >= 0.3 is 0 Å². The standard InChI is InChI=1S/C13H18N2O2/c14-13(8-4-5-9-13)12(16)15-17-10-11-6-2-1-3-7-11/h1-3,6-7H,4-5,8-10,14H2,(H,15,16). The molecule has 1 amide bonds. The fraction of sp³-hybridized carbons (Fsp3) is 0.462. The number of hydrogen-bond donors (Lipinski definition) is 2. The summed E-state index contributed by atoms with van der Waals surface area (Å²) in [7, 11) is 0. The lowest BCUT2D eigenvalue weighted by atomic mass is 9.99. The van der Waals surface area contributed by atoms with E-state index in [9.17, 15) is 4.79 Å². The van der Waals surface area contributed by atoms with Crippen molar-refractivity contribution in [3.05, 3.63) is 35.9 Å². The molecule has 0 aliphatic heterocycles. The van der Waals surface area contributed by atoms with E-state index in [0.29, 0.717) is 6.61 Å². The molecule has 1 aliphatic carbocycles. The molecule has 4 nitrogen and oxygen atoms in total. The number of amides is 1. The number of nitrogens with two attached hydrogens (primary N) is 1. The number of nitrogens with one attached hydrogen (secondary N) is 1. The second kappa shape index (κ2) is 5.29. The zero-order chi connectivity index (χ0) is 12.1. The predicted molar refractivity (Wildman–Crippen MR) is 64.8 cm³/mol. The summed E-state index contributed by atoms with van der Waals surface area (Å²) in [5, 5.41) is 0. The van der Waals surface area contributed by atoms with Gasteiger partial charge in [0.25, 0.3) is 5.91 Å². The molecule has 1 aromatic carbocycles. The Morgan fingerprint density at radius 2 is 1.94 bits per heavy atom. The molecule has 0 unspecified atom stereocenters. The molecule has 0 bridgehead atoms. The second-order valence-electron chi connectivity index (χ2n) is 4.57. The van der Waals surface area contributed by atoms with Gasteiger partial charge in [-0.05, 0) is 18.4 Å². The average Bonchev–Trinajstić information content (AvgIpc) is 2.79. The first kappa shape index (κ1) is 12.1. The molecule has 4 heteroatoms. The molecular formula is C13H18N2O2. The third kappa shape index (κ3) is 3.05. The lowest BCUT2D eigenvalue weighted by Crippen LogP contribution is -2.51. The molecule has 0 aromatic heterocycles. The van der Waals surface area contributed by atoms with Crippen molar-refractivity contribution in [2.75, 3.05) is 0 Å². The van der Waals surface area contributed by atoms with E-state index in [4.69, 9.17) is 10.6 Å². The minimum Gasteiger partial charge on any atom is -0.317 e. The van der Waals surface area contributed by atoms with Crippen LogP contribution in [0.3, 0.4) is 0 Å². The van der Waals surface area contributed by atoms with Crippen LogP contribution < -0.4 is 11.2 Å². The molecule has 0 saturated heterocycles. The van der Waals surface area contributed by atoms with Crippen molar-refractivity contribution >= 4 is 5.91 Å². The molecule has 0 atom stereocenters. The van der Waals surface area contributed by atoms with Crippen LogP contribution in [-0.2, 0) is 16.2 Å². The molecule has 0 radical (unpaired) electrons.